The molecule has 6 heteroatoms. The molecule has 0 bridgehead atoms. The number of hydrogen-bond donors (Lipinski definition) is 1. The maximum absolute atomic E-state index is 11.4. The number of hydrogen-bond acceptors (Lipinski definition) is 4. The quantitative estimate of drug-likeness (QED) is 0.865. The van der Waals surface area contributed by atoms with Gasteiger partial charge in [0.25, 0.3) is 0 Å². The highest BCUT2D eigenvalue weighted by atomic mass is 79.9. The number of halogens is 1. The molecule has 0 amide bonds. The van der Waals surface area contributed by atoms with Crippen LogP contribution in [0.5, 0.6) is 5.75 Å². The van der Waals surface area contributed by atoms with Crippen LogP contribution in [0.4, 0.5) is 0 Å². The summed E-state index contributed by atoms with van der Waals surface area (Å²) in [6.45, 7) is 2.52. The molecule has 0 radical (unpaired) electrons. The second-order valence-electron chi connectivity index (χ2n) is 4.05. The fraction of sp³-hybridized carbons (Fsp3) is 0.500. The molecule has 18 heavy (non-hydrogen) atoms. The summed E-state index contributed by atoms with van der Waals surface area (Å²) in [7, 11) is -1.29. The van der Waals surface area contributed by atoms with Crippen molar-refractivity contribution in [1.82, 2.24) is 5.32 Å². The lowest BCUT2D eigenvalue weighted by Crippen LogP contribution is -2.25. The molecule has 1 aromatic rings. The third-order valence-electron chi connectivity index (χ3n) is 2.48. The summed E-state index contributed by atoms with van der Waals surface area (Å²) in [4.78, 5) is 0. The summed E-state index contributed by atoms with van der Waals surface area (Å²) in [5.41, 5.74) is 0.909. The van der Waals surface area contributed by atoms with Crippen LogP contribution in [0.3, 0.4) is 0 Å². The van der Waals surface area contributed by atoms with E-state index >= 15 is 0 Å². The van der Waals surface area contributed by atoms with E-state index < -0.39 is 9.84 Å². The van der Waals surface area contributed by atoms with Gasteiger partial charge in [0.2, 0.25) is 0 Å². The van der Waals surface area contributed by atoms with Crippen LogP contribution in [0.25, 0.3) is 0 Å². The number of sulfone groups is 1. The molecule has 102 valence electrons. The minimum Gasteiger partial charge on any atom is -0.494 e. The van der Waals surface area contributed by atoms with E-state index in [4.69, 9.17) is 4.74 Å². The van der Waals surface area contributed by atoms with Crippen LogP contribution in [0.1, 0.15) is 18.5 Å². The van der Waals surface area contributed by atoms with Crippen molar-refractivity contribution in [3.8, 4) is 5.75 Å². The van der Waals surface area contributed by atoms with Gasteiger partial charge in [-0.3, -0.25) is 0 Å². The summed E-state index contributed by atoms with van der Waals surface area (Å²) in [6.07, 6.45) is 1.24. The first kappa shape index (κ1) is 15.5. The average molecular weight is 336 g/mol. The van der Waals surface area contributed by atoms with Crippen molar-refractivity contribution in [1.29, 1.82) is 0 Å². The van der Waals surface area contributed by atoms with E-state index in [2.05, 4.69) is 21.2 Å². The molecule has 0 aliphatic rings. The summed E-state index contributed by atoms with van der Waals surface area (Å²) in [6, 6.07) is 5.34. The van der Waals surface area contributed by atoms with Crippen molar-refractivity contribution in [2.24, 2.45) is 0 Å². The fourth-order valence-corrected chi connectivity index (χ4v) is 3.26. The van der Waals surface area contributed by atoms with Crippen LogP contribution in [0.15, 0.2) is 22.7 Å². The number of benzene rings is 1. The number of ether oxygens (including phenoxy) is 1. The molecule has 0 fully saturated rings. The average Bonchev–Trinajstić information content (AvgIpc) is 2.26. The van der Waals surface area contributed by atoms with Crippen molar-refractivity contribution in [2.45, 2.75) is 13.0 Å². The van der Waals surface area contributed by atoms with Gasteiger partial charge in [-0.1, -0.05) is 22.0 Å². The molecule has 0 aliphatic heterocycles. The minimum absolute atomic E-state index is 0.0656. The molecule has 1 atom stereocenters. The van der Waals surface area contributed by atoms with E-state index in [0.717, 1.165) is 15.8 Å². The molecule has 0 aromatic heterocycles. The largest absolute Gasteiger partial charge is 0.494 e. The highest BCUT2D eigenvalue weighted by Crippen LogP contribution is 2.28. The first-order valence-corrected chi connectivity index (χ1v) is 8.50. The fourth-order valence-electron chi connectivity index (χ4n) is 1.68. The lowest BCUT2D eigenvalue weighted by atomic mass is 10.1. The molecule has 0 saturated heterocycles. The molecular formula is C12H18BrNO3S. The predicted molar refractivity (Wildman–Crippen MR) is 76.8 cm³/mol. The predicted octanol–water partition coefficient (Wildman–Crippen LogP) is 2.15. The van der Waals surface area contributed by atoms with Gasteiger partial charge in [-0.2, -0.15) is 0 Å². The third-order valence-corrected chi connectivity index (χ3v) is 4.10. The Hall–Kier alpha value is -0.590. The first-order chi connectivity index (χ1) is 8.37. The minimum atomic E-state index is -3.04. The molecule has 4 nitrogen and oxygen atoms in total. The van der Waals surface area contributed by atoms with Crippen molar-refractivity contribution in [2.75, 3.05) is 25.7 Å². The van der Waals surface area contributed by atoms with Crippen LogP contribution in [0, 0.1) is 0 Å². The van der Waals surface area contributed by atoms with Gasteiger partial charge in [-0.15, -0.1) is 0 Å². The van der Waals surface area contributed by atoms with E-state index in [-0.39, 0.29) is 11.8 Å². The zero-order valence-electron chi connectivity index (χ0n) is 10.7. The van der Waals surface area contributed by atoms with E-state index in [1.165, 1.54) is 6.26 Å². The van der Waals surface area contributed by atoms with Gasteiger partial charge in [0.15, 0.2) is 0 Å². The van der Waals surface area contributed by atoms with Crippen molar-refractivity contribution < 1.29 is 13.2 Å². The Kier molecular flexibility index (Phi) is 5.62. The van der Waals surface area contributed by atoms with Gasteiger partial charge in [-0.05, 0) is 31.7 Å². The lowest BCUT2D eigenvalue weighted by molar-refractivity contribution is 0.340. The Morgan fingerprint density at radius 3 is 2.56 bits per heavy atom. The third kappa shape index (κ3) is 4.59. The van der Waals surface area contributed by atoms with Gasteiger partial charge in [0.1, 0.15) is 15.6 Å². The Labute approximate surface area is 117 Å². The Morgan fingerprint density at radius 2 is 2.11 bits per heavy atom. The van der Waals surface area contributed by atoms with Gasteiger partial charge in [0, 0.05) is 16.8 Å². The van der Waals surface area contributed by atoms with Crippen molar-refractivity contribution in [3.63, 3.8) is 0 Å². The molecule has 1 N–H and O–H groups in total. The van der Waals surface area contributed by atoms with Crippen LogP contribution < -0.4 is 10.1 Å². The van der Waals surface area contributed by atoms with Crippen LogP contribution in [-0.4, -0.2) is 34.1 Å². The standard InChI is InChI=1S/C12H18BrNO3S/c1-4-17-9-5-6-10(11(13)7-9)12(14-2)8-18(3,15)16/h5-7,12,14H,4,8H2,1-3H3. The van der Waals surface area contributed by atoms with Gasteiger partial charge < -0.3 is 10.1 Å². The SMILES string of the molecule is CCOc1ccc(C(CS(C)(=O)=O)NC)c(Br)c1. The highest BCUT2D eigenvalue weighted by molar-refractivity contribution is 9.10. The Morgan fingerprint density at radius 1 is 1.44 bits per heavy atom. The molecule has 0 heterocycles. The lowest BCUT2D eigenvalue weighted by Gasteiger charge is -2.18. The molecule has 1 unspecified atom stereocenters. The molecule has 1 rings (SSSR count). The maximum atomic E-state index is 11.4. The molecule has 0 spiro atoms. The van der Waals surface area contributed by atoms with E-state index in [9.17, 15) is 8.42 Å². The molecular weight excluding hydrogens is 318 g/mol. The van der Waals surface area contributed by atoms with Gasteiger partial charge in [0.05, 0.1) is 12.4 Å². The highest BCUT2D eigenvalue weighted by Gasteiger charge is 2.18. The topological polar surface area (TPSA) is 55.4 Å². The smallest absolute Gasteiger partial charge is 0.149 e. The van der Waals surface area contributed by atoms with Crippen LogP contribution in [0.2, 0.25) is 0 Å². The maximum Gasteiger partial charge on any atom is 0.149 e. The van der Waals surface area contributed by atoms with Crippen molar-refractivity contribution in [3.05, 3.63) is 28.2 Å². The van der Waals surface area contributed by atoms with E-state index in [1.807, 2.05) is 25.1 Å². The van der Waals surface area contributed by atoms with Gasteiger partial charge >= 0.3 is 0 Å². The van der Waals surface area contributed by atoms with Crippen LogP contribution in [-0.2, 0) is 9.84 Å². The summed E-state index contributed by atoms with van der Waals surface area (Å²) in [5, 5.41) is 3.02. The zero-order valence-corrected chi connectivity index (χ0v) is 13.1. The number of nitrogens with one attached hydrogen (secondary N) is 1. The Bertz CT molecular complexity index is 502. The monoisotopic (exact) mass is 335 g/mol. The molecule has 0 aliphatic carbocycles. The van der Waals surface area contributed by atoms with Crippen molar-refractivity contribution >= 4 is 25.8 Å². The second kappa shape index (κ2) is 6.54. The summed E-state index contributed by atoms with van der Waals surface area (Å²) >= 11 is 3.45. The molecule has 0 saturated carbocycles. The van der Waals surface area contributed by atoms with E-state index in [0.29, 0.717) is 6.61 Å². The summed E-state index contributed by atoms with van der Waals surface area (Å²) in [5.74, 6) is 0.832. The van der Waals surface area contributed by atoms with Gasteiger partial charge in [-0.25, -0.2) is 8.42 Å². The molecule has 1 aromatic carbocycles. The Balaban J connectivity index is 3.00. The summed E-state index contributed by atoms with van der Waals surface area (Å²) < 4.78 is 29.0. The second-order valence-corrected chi connectivity index (χ2v) is 7.09. The van der Waals surface area contributed by atoms with Crippen LogP contribution >= 0.6 is 15.9 Å². The van der Waals surface area contributed by atoms with E-state index in [1.54, 1.807) is 7.05 Å². The zero-order chi connectivity index (χ0) is 13.8. The first-order valence-electron chi connectivity index (χ1n) is 5.64. The normalized spacial score (nSPS) is 13.3. The number of rotatable bonds is 6.